The second-order valence-electron chi connectivity index (χ2n) is 5.63. The summed E-state index contributed by atoms with van der Waals surface area (Å²) in [5.74, 6) is 6.37. The average Bonchev–Trinajstić information content (AvgIpc) is 2.68. The Morgan fingerprint density at radius 1 is 1.47 bits per heavy atom. The van der Waals surface area contributed by atoms with Gasteiger partial charge in [0.1, 0.15) is 0 Å². The summed E-state index contributed by atoms with van der Waals surface area (Å²) in [6.07, 6.45) is 5.18. The standard InChI is InChI=1S/C13H21ClN2S/c1-13(2)8-4-3-5-9(13)12(16-15)10-6-7-11(14)17-10/h6-7,9,12,16H,3-5,8,15H2,1-2H3. The molecule has 1 aliphatic rings. The summed E-state index contributed by atoms with van der Waals surface area (Å²) >= 11 is 7.66. The Morgan fingerprint density at radius 3 is 2.76 bits per heavy atom. The van der Waals surface area contributed by atoms with Gasteiger partial charge in [-0.3, -0.25) is 11.3 Å². The van der Waals surface area contributed by atoms with Crippen molar-refractivity contribution in [2.45, 2.75) is 45.6 Å². The number of halogens is 1. The molecule has 0 aliphatic heterocycles. The number of nitrogens with two attached hydrogens (primary N) is 1. The van der Waals surface area contributed by atoms with Crippen molar-refractivity contribution in [1.82, 2.24) is 5.43 Å². The normalized spacial score (nSPS) is 25.8. The first kappa shape index (κ1) is 13.3. The molecule has 4 heteroatoms. The largest absolute Gasteiger partial charge is 0.271 e. The molecule has 1 heterocycles. The summed E-state index contributed by atoms with van der Waals surface area (Å²) in [5, 5.41) is 0. The molecule has 96 valence electrons. The van der Waals surface area contributed by atoms with Crippen LogP contribution in [0.1, 0.15) is 50.4 Å². The van der Waals surface area contributed by atoms with Gasteiger partial charge in [-0.1, -0.05) is 38.3 Å². The molecule has 3 N–H and O–H groups in total. The van der Waals surface area contributed by atoms with E-state index >= 15 is 0 Å². The van der Waals surface area contributed by atoms with Crippen molar-refractivity contribution >= 4 is 22.9 Å². The molecule has 17 heavy (non-hydrogen) atoms. The molecule has 1 aromatic rings. The van der Waals surface area contributed by atoms with Crippen LogP contribution < -0.4 is 11.3 Å². The highest BCUT2D eigenvalue weighted by molar-refractivity contribution is 7.16. The van der Waals surface area contributed by atoms with Crippen molar-refractivity contribution in [2.75, 3.05) is 0 Å². The van der Waals surface area contributed by atoms with Crippen molar-refractivity contribution in [3.63, 3.8) is 0 Å². The molecule has 2 atom stereocenters. The first-order valence-corrected chi connectivity index (χ1v) is 7.45. The van der Waals surface area contributed by atoms with Crippen LogP contribution in [0.2, 0.25) is 4.34 Å². The van der Waals surface area contributed by atoms with Crippen LogP contribution in [0.4, 0.5) is 0 Å². The van der Waals surface area contributed by atoms with Crippen molar-refractivity contribution in [3.8, 4) is 0 Å². The molecule has 0 spiro atoms. The lowest BCUT2D eigenvalue weighted by molar-refractivity contribution is 0.0995. The van der Waals surface area contributed by atoms with Gasteiger partial charge in [0.25, 0.3) is 0 Å². The van der Waals surface area contributed by atoms with Crippen molar-refractivity contribution in [2.24, 2.45) is 17.2 Å². The summed E-state index contributed by atoms with van der Waals surface area (Å²) in [4.78, 5) is 1.26. The Kier molecular flexibility index (Phi) is 4.14. The highest BCUT2D eigenvalue weighted by atomic mass is 35.5. The van der Waals surface area contributed by atoms with Crippen LogP contribution >= 0.6 is 22.9 Å². The topological polar surface area (TPSA) is 38.0 Å². The number of hydrogen-bond donors (Lipinski definition) is 2. The summed E-state index contributed by atoms with van der Waals surface area (Å²) in [5.41, 5.74) is 3.36. The summed E-state index contributed by atoms with van der Waals surface area (Å²) in [6, 6.07) is 4.30. The van der Waals surface area contributed by atoms with Crippen LogP contribution in [0, 0.1) is 11.3 Å². The quantitative estimate of drug-likeness (QED) is 0.642. The third-order valence-electron chi connectivity index (χ3n) is 4.07. The zero-order valence-corrected chi connectivity index (χ0v) is 12.1. The maximum Gasteiger partial charge on any atom is 0.0931 e. The Labute approximate surface area is 113 Å². The number of hydrazine groups is 1. The van der Waals surface area contributed by atoms with Crippen molar-refractivity contribution in [3.05, 3.63) is 21.3 Å². The number of nitrogens with one attached hydrogen (secondary N) is 1. The predicted octanol–water partition coefficient (Wildman–Crippen LogP) is 4.12. The Hall–Kier alpha value is -0.0900. The summed E-state index contributed by atoms with van der Waals surface area (Å²) in [7, 11) is 0. The van der Waals surface area contributed by atoms with E-state index in [0.29, 0.717) is 11.3 Å². The SMILES string of the molecule is CC1(C)CCCCC1C(NN)c1ccc(Cl)s1. The minimum atomic E-state index is 0.239. The monoisotopic (exact) mass is 272 g/mol. The van der Waals surface area contributed by atoms with Crippen LogP contribution in [0.3, 0.4) is 0 Å². The van der Waals surface area contributed by atoms with Gasteiger partial charge in [-0.05, 0) is 36.3 Å². The minimum Gasteiger partial charge on any atom is -0.271 e. The van der Waals surface area contributed by atoms with Crippen molar-refractivity contribution < 1.29 is 0 Å². The Balaban J connectivity index is 2.22. The van der Waals surface area contributed by atoms with Gasteiger partial charge in [0, 0.05) is 4.88 Å². The highest BCUT2D eigenvalue weighted by Crippen LogP contribution is 2.47. The van der Waals surface area contributed by atoms with Crippen LogP contribution in [-0.2, 0) is 0 Å². The van der Waals surface area contributed by atoms with Crippen molar-refractivity contribution in [1.29, 1.82) is 0 Å². The van der Waals surface area contributed by atoms with Crippen LogP contribution in [0.5, 0.6) is 0 Å². The third kappa shape index (κ3) is 2.84. The fourth-order valence-electron chi connectivity index (χ4n) is 3.03. The van der Waals surface area contributed by atoms with E-state index in [1.54, 1.807) is 11.3 Å². The molecule has 1 saturated carbocycles. The molecule has 1 aliphatic carbocycles. The molecular formula is C13H21ClN2S. The first-order chi connectivity index (χ1) is 8.04. The molecule has 0 amide bonds. The number of thiophene rings is 1. The maximum atomic E-state index is 6.02. The number of rotatable bonds is 3. The molecule has 0 radical (unpaired) electrons. The first-order valence-electron chi connectivity index (χ1n) is 6.26. The van der Waals surface area contributed by atoms with E-state index in [9.17, 15) is 0 Å². The maximum absolute atomic E-state index is 6.02. The lowest BCUT2D eigenvalue weighted by atomic mass is 9.66. The second-order valence-corrected chi connectivity index (χ2v) is 7.37. The van der Waals surface area contributed by atoms with Crippen LogP contribution in [-0.4, -0.2) is 0 Å². The van der Waals surface area contributed by atoms with Gasteiger partial charge in [0.15, 0.2) is 0 Å². The minimum absolute atomic E-state index is 0.239. The Morgan fingerprint density at radius 2 is 2.24 bits per heavy atom. The van der Waals surface area contributed by atoms with E-state index in [1.807, 2.05) is 6.07 Å². The smallest absolute Gasteiger partial charge is 0.0931 e. The van der Waals surface area contributed by atoms with E-state index in [0.717, 1.165) is 4.34 Å². The number of hydrogen-bond acceptors (Lipinski definition) is 3. The molecule has 2 nitrogen and oxygen atoms in total. The average molecular weight is 273 g/mol. The van der Waals surface area contributed by atoms with E-state index in [-0.39, 0.29) is 6.04 Å². The molecule has 0 bridgehead atoms. The lowest BCUT2D eigenvalue weighted by Crippen LogP contribution is -2.41. The van der Waals surface area contributed by atoms with Crippen LogP contribution in [0.15, 0.2) is 12.1 Å². The Bertz CT molecular complexity index is 375. The van der Waals surface area contributed by atoms with E-state index in [4.69, 9.17) is 17.4 Å². The fraction of sp³-hybridized carbons (Fsp3) is 0.692. The van der Waals surface area contributed by atoms with E-state index in [2.05, 4.69) is 25.3 Å². The molecule has 0 aromatic carbocycles. The third-order valence-corrected chi connectivity index (χ3v) is 5.39. The summed E-state index contributed by atoms with van der Waals surface area (Å²) in [6.45, 7) is 4.72. The fourth-order valence-corrected chi connectivity index (χ4v) is 4.22. The van der Waals surface area contributed by atoms with Gasteiger partial charge < -0.3 is 0 Å². The predicted molar refractivity (Wildman–Crippen MR) is 75.1 cm³/mol. The molecule has 0 saturated heterocycles. The highest BCUT2D eigenvalue weighted by Gasteiger charge is 2.38. The molecule has 2 unspecified atom stereocenters. The second kappa shape index (κ2) is 5.27. The van der Waals surface area contributed by atoms with Gasteiger partial charge >= 0.3 is 0 Å². The van der Waals surface area contributed by atoms with Gasteiger partial charge in [0.2, 0.25) is 0 Å². The zero-order chi connectivity index (χ0) is 12.5. The molecule has 2 rings (SSSR count). The lowest BCUT2D eigenvalue weighted by Gasteiger charge is -2.42. The van der Waals surface area contributed by atoms with Crippen LogP contribution in [0.25, 0.3) is 0 Å². The van der Waals surface area contributed by atoms with E-state index in [1.165, 1.54) is 30.6 Å². The van der Waals surface area contributed by atoms with E-state index < -0.39 is 0 Å². The van der Waals surface area contributed by atoms with Gasteiger partial charge in [0.05, 0.1) is 10.4 Å². The summed E-state index contributed by atoms with van der Waals surface area (Å²) < 4.78 is 0.842. The molecular weight excluding hydrogens is 252 g/mol. The van der Waals surface area contributed by atoms with Gasteiger partial charge in [-0.25, -0.2) is 0 Å². The van der Waals surface area contributed by atoms with Gasteiger partial charge in [-0.2, -0.15) is 0 Å². The molecule has 1 aromatic heterocycles. The van der Waals surface area contributed by atoms with Gasteiger partial charge in [-0.15, -0.1) is 11.3 Å². The molecule has 1 fully saturated rings. The zero-order valence-electron chi connectivity index (χ0n) is 10.5.